The predicted molar refractivity (Wildman–Crippen MR) is 87.8 cm³/mol. The number of hydrogen-bond acceptors (Lipinski definition) is 3. The first-order chi connectivity index (χ1) is 10.2. The maximum absolute atomic E-state index is 5.45. The molecule has 0 amide bonds. The van der Waals surface area contributed by atoms with Crippen LogP contribution >= 0.6 is 0 Å². The summed E-state index contributed by atoms with van der Waals surface area (Å²) in [6.45, 7) is 9.91. The van der Waals surface area contributed by atoms with E-state index in [-0.39, 0.29) is 0 Å². The molecule has 0 aliphatic carbocycles. The van der Waals surface area contributed by atoms with Crippen LogP contribution in [0.1, 0.15) is 26.2 Å². The lowest BCUT2D eigenvalue weighted by Gasteiger charge is -2.26. The van der Waals surface area contributed by atoms with Crippen molar-refractivity contribution in [3.05, 3.63) is 0 Å². The van der Waals surface area contributed by atoms with Gasteiger partial charge < -0.3 is 19.9 Å². The van der Waals surface area contributed by atoms with E-state index < -0.39 is 0 Å². The number of hydrogen-bond donors (Lipinski definition) is 1. The average molecular weight is 296 g/mol. The van der Waals surface area contributed by atoms with Crippen LogP contribution < -0.4 is 5.32 Å². The lowest BCUT2D eigenvalue weighted by Crippen LogP contribution is -2.44. The number of aliphatic imine (C=N–C) groups is 1. The van der Waals surface area contributed by atoms with Gasteiger partial charge in [0.2, 0.25) is 0 Å². The third-order valence-electron chi connectivity index (χ3n) is 4.51. The number of rotatable bonds is 6. The van der Waals surface area contributed by atoms with Gasteiger partial charge in [-0.05, 0) is 38.3 Å². The SMILES string of the molecule is CN=C(NCC(C)CN1CCCC1)N(C)CC1CCOC1. The summed E-state index contributed by atoms with van der Waals surface area (Å²) in [5.74, 6) is 2.31. The fourth-order valence-corrected chi connectivity index (χ4v) is 3.32. The van der Waals surface area contributed by atoms with Crippen LogP contribution in [0.3, 0.4) is 0 Å². The van der Waals surface area contributed by atoms with Crippen molar-refractivity contribution < 1.29 is 4.74 Å². The third-order valence-corrected chi connectivity index (χ3v) is 4.51. The molecule has 2 saturated heterocycles. The van der Waals surface area contributed by atoms with Gasteiger partial charge in [0.05, 0.1) is 6.61 Å². The molecular weight excluding hydrogens is 264 g/mol. The van der Waals surface area contributed by atoms with Crippen LogP contribution in [0.25, 0.3) is 0 Å². The summed E-state index contributed by atoms with van der Waals surface area (Å²) < 4.78 is 5.45. The summed E-state index contributed by atoms with van der Waals surface area (Å²) >= 11 is 0. The van der Waals surface area contributed by atoms with Crippen LogP contribution in [0.15, 0.2) is 4.99 Å². The second-order valence-corrected chi connectivity index (χ2v) is 6.65. The minimum absolute atomic E-state index is 0.649. The fourth-order valence-electron chi connectivity index (χ4n) is 3.32. The summed E-state index contributed by atoms with van der Waals surface area (Å²) in [6.07, 6.45) is 3.91. The van der Waals surface area contributed by atoms with E-state index in [1.807, 2.05) is 7.05 Å². The Morgan fingerprint density at radius 3 is 2.81 bits per heavy atom. The fraction of sp³-hybridized carbons (Fsp3) is 0.938. The lowest BCUT2D eigenvalue weighted by atomic mass is 10.1. The van der Waals surface area contributed by atoms with Gasteiger partial charge in [0.25, 0.3) is 0 Å². The van der Waals surface area contributed by atoms with E-state index in [1.165, 1.54) is 38.9 Å². The molecule has 0 spiro atoms. The summed E-state index contributed by atoms with van der Waals surface area (Å²) in [4.78, 5) is 9.23. The van der Waals surface area contributed by atoms with E-state index in [9.17, 15) is 0 Å². The molecule has 1 N–H and O–H groups in total. The summed E-state index contributed by atoms with van der Waals surface area (Å²) in [5, 5.41) is 3.53. The molecule has 2 rings (SSSR count). The molecule has 21 heavy (non-hydrogen) atoms. The van der Waals surface area contributed by atoms with Crippen molar-refractivity contribution in [3.63, 3.8) is 0 Å². The average Bonchev–Trinajstić information content (AvgIpc) is 3.13. The first kappa shape index (κ1) is 16.6. The maximum Gasteiger partial charge on any atom is 0.193 e. The topological polar surface area (TPSA) is 40.1 Å². The van der Waals surface area contributed by atoms with Gasteiger partial charge in [-0.25, -0.2) is 0 Å². The Balaban J connectivity index is 1.68. The molecule has 5 heteroatoms. The maximum atomic E-state index is 5.45. The van der Waals surface area contributed by atoms with Crippen molar-refractivity contribution in [1.29, 1.82) is 0 Å². The molecule has 0 saturated carbocycles. The highest BCUT2D eigenvalue weighted by Gasteiger charge is 2.20. The van der Waals surface area contributed by atoms with Gasteiger partial charge in [0.15, 0.2) is 5.96 Å². The highest BCUT2D eigenvalue weighted by atomic mass is 16.5. The molecule has 2 atom stereocenters. The number of likely N-dealkylation sites (tertiary alicyclic amines) is 1. The van der Waals surface area contributed by atoms with E-state index in [0.29, 0.717) is 11.8 Å². The van der Waals surface area contributed by atoms with Crippen LogP contribution in [-0.4, -0.2) is 75.8 Å². The minimum Gasteiger partial charge on any atom is -0.381 e. The van der Waals surface area contributed by atoms with Gasteiger partial charge in [0.1, 0.15) is 0 Å². The lowest BCUT2D eigenvalue weighted by molar-refractivity contribution is 0.181. The highest BCUT2D eigenvalue weighted by molar-refractivity contribution is 5.79. The Kier molecular flexibility index (Phi) is 6.77. The molecule has 122 valence electrons. The second kappa shape index (κ2) is 8.59. The van der Waals surface area contributed by atoms with E-state index in [0.717, 1.165) is 32.3 Å². The Hall–Kier alpha value is -0.810. The molecule has 2 aliphatic rings. The summed E-state index contributed by atoms with van der Waals surface area (Å²) in [7, 11) is 3.99. The van der Waals surface area contributed by atoms with Crippen LogP contribution in [0, 0.1) is 11.8 Å². The Bertz CT molecular complexity index is 322. The van der Waals surface area contributed by atoms with E-state index in [1.54, 1.807) is 0 Å². The van der Waals surface area contributed by atoms with Crippen LogP contribution in [0.5, 0.6) is 0 Å². The molecule has 0 radical (unpaired) electrons. The molecular formula is C16H32N4O. The van der Waals surface area contributed by atoms with Crippen molar-refractivity contribution in [2.75, 3.05) is 60.0 Å². The number of guanidine groups is 1. The van der Waals surface area contributed by atoms with Gasteiger partial charge in [0, 0.05) is 46.3 Å². The summed E-state index contributed by atoms with van der Waals surface area (Å²) in [6, 6.07) is 0. The third kappa shape index (κ3) is 5.47. The monoisotopic (exact) mass is 296 g/mol. The molecule has 0 aromatic rings. The molecule has 2 fully saturated rings. The zero-order chi connectivity index (χ0) is 15.1. The van der Waals surface area contributed by atoms with Crippen molar-refractivity contribution in [1.82, 2.24) is 15.1 Å². The smallest absolute Gasteiger partial charge is 0.193 e. The molecule has 0 bridgehead atoms. The Labute approximate surface area is 129 Å². The number of ether oxygens (including phenoxy) is 1. The van der Waals surface area contributed by atoms with Gasteiger partial charge in [-0.2, -0.15) is 0 Å². The first-order valence-electron chi connectivity index (χ1n) is 8.41. The van der Waals surface area contributed by atoms with Crippen LogP contribution in [0.4, 0.5) is 0 Å². The molecule has 0 aromatic carbocycles. The molecule has 5 nitrogen and oxygen atoms in total. The molecule has 2 unspecified atom stereocenters. The van der Waals surface area contributed by atoms with Gasteiger partial charge in [-0.1, -0.05) is 6.92 Å². The zero-order valence-corrected chi connectivity index (χ0v) is 14.0. The van der Waals surface area contributed by atoms with Crippen molar-refractivity contribution >= 4 is 5.96 Å². The minimum atomic E-state index is 0.649. The van der Waals surface area contributed by atoms with Gasteiger partial charge in [-0.3, -0.25) is 4.99 Å². The van der Waals surface area contributed by atoms with E-state index >= 15 is 0 Å². The molecule has 0 aromatic heterocycles. The largest absolute Gasteiger partial charge is 0.381 e. The number of nitrogens with one attached hydrogen (secondary N) is 1. The van der Waals surface area contributed by atoms with Crippen molar-refractivity contribution in [3.8, 4) is 0 Å². The zero-order valence-electron chi connectivity index (χ0n) is 14.0. The van der Waals surface area contributed by atoms with Gasteiger partial charge >= 0.3 is 0 Å². The first-order valence-corrected chi connectivity index (χ1v) is 8.41. The molecule has 2 aliphatic heterocycles. The Morgan fingerprint density at radius 2 is 2.19 bits per heavy atom. The second-order valence-electron chi connectivity index (χ2n) is 6.65. The van der Waals surface area contributed by atoms with E-state index in [4.69, 9.17) is 4.74 Å². The van der Waals surface area contributed by atoms with E-state index in [2.05, 4.69) is 34.1 Å². The Morgan fingerprint density at radius 1 is 1.43 bits per heavy atom. The van der Waals surface area contributed by atoms with Crippen molar-refractivity contribution in [2.24, 2.45) is 16.8 Å². The number of nitrogens with zero attached hydrogens (tertiary/aromatic N) is 3. The van der Waals surface area contributed by atoms with Crippen LogP contribution in [-0.2, 0) is 4.74 Å². The van der Waals surface area contributed by atoms with Gasteiger partial charge in [-0.15, -0.1) is 0 Å². The quantitative estimate of drug-likeness (QED) is 0.592. The van der Waals surface area contributed by atoms with Crippen LogP contribution in [0.2, 0.25) is 0 Å². The standard InChI is InChI=1S/C16H32N4O/c1-14(11-20-7-4-5-8-20)10-18-16(17-2)19(3)12-15-6-9-21-13-15/h14-15H,4-13H2,1-3H3,(H,17,18). The predicted octanol–water partition coefficient (Wildman–Crippen LogP) is 1.26. The highest BCUT2D eigenvalue weighted by Crippen LogP contribution is 2.13. The summed E-state index contributed by atoms with van der Waals surface area (Å²) in [5.41, 5.74) is 0. The van der Waals surface area contributed by atoms with Crippen molar-refractivity contribution in [2.45, 2.75) is 26.2 Å². The molecule has 2 heterocycles. The normalized spacial score (nSPS) is 25.3.